The Morgan fingerprint density at radius 1 is 0.697 bits per heavy atom. The molecule has 4 aromatic rings. The summed E-state index contributed by atoms with van der Waals surface area (Å²) in [5, 5.41) is 3.16. The van der Waals surface area contributed by atoms with Gasteiger partial charge in [0.15, 0.2) is 0 Å². The minimum Gasteiger partial charge on any atom is -0.457 e. The maximum Gasteiger partial charge on any atom is 0.221 e. The lowest BCUT2D eigenvalue weighted by atomic mass is 9.89. The number of nitrogens with one attached hydrogen (secondary N) is 1. The number of rotatable bonds is 9. The van der Waals surface area contributed by atoms with E-state index in [-0.39, 0.29) is 17.9 Å². The van der Waals surface area contributed by atoms with Crippen LogP contribution in [0.5, 0.6) is 11.5 Å². The van der Waals surface area contributed by atoms with Gasteiger partial charge in [-0.1, -0.05) is 91.0 Å². The van der Waals surface area contributed by atoms with Crippen molar-refractivity contribution in [1.29, 1.82) is 0 Å². The Hall–Kier alpha value is -3.85. The molecule has 4 rings (SSSR count). The van der Waals surface area contributed by atoms with Gasteiger partial charge in [0.05, 0.1) is 6.04 Å². The molecule has 0 saturated heterocycles. The summed E-state index contributed by atoms with van der Waals surface area (Å²) >= 11 is 0. The molecular formula is C30H29NO2. The lowest BCUT2D eigenvalue weighted by Crippen LogP contribution is -2.28. The van der Waals surface area contributed by atoms with Crippen LogP contribution in [0.2, 0.25) is 0 Å². The Morgan fingerprint density at radius 2 is 1.24 bits per heavy atom. The number of benzene rings is 4. The highest BCUT2D eigenvalue weighted by molar-refractivity contribution is 5.77. The van der Waals surface area contributed by atoms with Gasteiger partial charge in [-0.25, -0.2) is 0 Å². The van der Waals surface area contributed by atoms with E-state index in [1.165, 1.54) is 5.56 Å². The molecule has 166 valence electrons. The zero-order valence-corrected chi connectivity index (χ0v) is 18.9. The molecule has 0 heterocycles. The van der Waals surface area contributed by atoms with E-state index in [9.17, 15) is 4.79 Å². The average molecular weight is 436 g/mol. The van der Waals surface area contributed by atoms with Crippen molar-refractivity contribution in [3.63, 3.8) is 0 Å². The van der Waals surface area contributed by atoms with Crippen molar-refractivity contribution < 1.29 is 9.53 Å². The van der Waals surface area contributed by atoms with Crippen molar-refractivity contribution in [2.45, 2.75) is 31.7 Å². The van der Waals surface area contributed by atoms with E-state index in [0.717, 1.165) is 29.0 Å². The second kappa shape index (κ2) is 11.1. The number of ether oxygens (including phenoxy) is 1. The van der Waals surface area contributed by atoms with Gasteiger partial charge in [-0.3, -0.25) is 4.79 Å². The number of amides is 1. The molecule has 1 amide bonds. The maximum atomic E-state index is 13.0. The first kappa shape index (κ1) is 22.3. The zero-order chi connectivity index (χ0) is 22.9. The highest BCUT2D eigenvalue weighted by Crippen LogP contribution is 2.28. The van der Waals surface area contributed by atoms with Gasteiger partial charge in [-0.05, 0) is 60.2 Å². The molecule has 0 aliphatic carbocycles. The minimum absolute atomic E-state index is 0.0299. The standard InChI is InChI=1S/C30H29NO2/c1-23(25-13-7-3-8-14-25)31-30(32)22-27(21-24-11-5-2-6-12-24)26-17-19-29(20-18-26)33-28-15-9-4-10-16-28/h2-20,23,27H,21-22H2,1H3,(H,31,32). The predicted molar refractivity (Wildman–Crippen MR) is 133 cm³/mol. The Kier molecular flexibility index (Phi) is 7.55. The third-order valence-electron chi connectivity index (χ3n) is 5.76. The molecule has 0 fully saturated rings. The van der Waals surface area contributed by atoms with E-state index in [1.54, 1.807) is 0 Å². The quantitative estimate of drug-likeness (QED) is 0.305. The smallest absolute Gasteiger partial charge is 0.221 e. The third kappa shape index (κ3) is 6.56. The number of hydrogen-bond acceptors (Lipinski definition) is 2. The summed E-state index contributed by atoms with van der Waals surface area (Å²) in [6.45, 7) is 2.02. The second-order valence-corrected chi connectivity index (χ2v) is 8.27. The first-order valence-electron chi connectivity index (χ1n) is 11.4. The molecule has 3 heteroatoms. The van der Waals surface area contributed by atoms with Crippen LogP contribution in [0.1, 0.15) is 42.0 Å². The summed E-state index contributed by atoms with van der Waals surface area (Å²) in [5.41, 5.74) is 3.45. The Balaban J connectivity index is 1.47. The van der Waals surface area contributed by atoms with Crippen LogP contribution in [0.25, 0.3) is 0 Å². The molecule has 2 atom stereocenters. The van der Waals surface area contributed by atoms with Gasteiger partial charge in [-0.2, -0.15) is 0 Å². The number of carbonyl (C=O) groups excluding carboxylic acids is 1. The van der Waals surface area contributed by atoms with Crippen LogP contribution in [-0.2, 0) is 11.2 Å². The minimum atomic E-state index is -0.0299. The van der Waals surface area contributed by atoms with Crippen LogP contribution in [0.4, 0.5) is 0 Å². The van der Waals surface area contributed by atoms with Gasteiger partial charge in [0, 0.05) is 6.42 Å². The Morgan fingerprint density at radius 3 is 1.88 bits per heavy atom. The summed E-state index contributed by atoms with van der Waals surface area (Å²) in [5.74, 6) is 1.71. The van der Waals surface area contributed by atoms with E-state index >= 15 is 0 Å². The van der Waals surface area contributed by atoms with Crippen molar-refractivity contribution in [1.82, 2.24) is 5.32 Å². The Bertz CT molecular complexity index is 1130. The van der Waals surface area contributed by atoms with Gasteiger partial charge < -0.3 is 10.1 Å². The van der Waals surface area contributed by atoms with Crippen LogP contribution in [-0.4, -0.2) is 5.91 Å². The van der Waals surface area contributed by atoms with E-state index < -0.39 is 0 Å². The van der Waals surface area contributed by atoms with Crippen molar-refractivity contribution in [2.24, 2.45) is 0 Å². The fourth-order valence-corrected chi connectivity index (χ4v) is 3.99. The summed E-state index contributed by atoms with van der Waals surface area (Å²) in [6, 6.07) is 38.2. The van der Waals surface area contributed by atoms with Crippen molar-refractivity contribution in [3.05, 3.63) is 132 Å². The average Bonchev–Trinajstić information content (AvgIpc) is 2.86. The van der Waals surface area contributed by atoms with E-state index in [1.807, 2.05) is 97.9 Å². The number of para-hydroxylation sites is 1. The molecule has 0 radical (unpaired) electrons. The lowest BCUT2D eigenvalue weighted by Gasteiger charge is -2.20. The fraction of sp³-hybridized carbons (Fsp3) is 0.167. The molecule has 0 bridgehead atoms. The lowest BCUT2D eigenvalue weighted by molar-refractivity contribution is -0.122. The van der Waals surface area contributed by atoms with E-state index in [4.69, 9.17) is 4.74 Å². The van der Waals surface area contributed by atoms with Gasteiger partial charge in [0.1, 0.15) is 11.5 Å². The van der Waals surface area contributed by atoms with Crippen LogP contribution < -0.4 is 10.1 Å². The predicted octanol–water partition coefficient (Wildman–Crippen LogP) is 7.07. The molecule has 2 unspecified atom stereocenters. The molecule has 0 saturated carbocycles. The molecule has 0 aromatic heterocycles. The number of carbonyl (C=O) groups is 1. The van der Waals surface area contributed by atoms with Gasteiger partial charge in [0.2, 0.25) is 5.91 Å². The molecule has 0 spiro atoms. The van der Waals surface area contributed by atoms with Crippen LogP contribution in [0, 0.1) is 0 Å². The first-order valence-corrected chi connectivity index (χ1v) is 11.4. The third-order valence-corrected chi connectivity index (χ3v) is 5.76. The van der Waals surface area contributed by atoms with Gasteiger partial charge in [0.25, 0.3) is 0 Å². The summed E-state index contributed by atoms with van der Waals surface area (Å²) in [7, 11) is 0. The molecular weight excluding hydrogens is 406 g/mol. The maximum absolute atomic E-state index is 13.0. The second-order valence-electron chi connectivity index (χ2n) is 8.27. The van der Waals surface area contributed by atoms with Crippen molar-refractivity contribution >= 4 is 5.91 Å². The molecule has 3 nitrogen and oxygen atoms in total. The van der Waals surface area contributed by atoms with E-state index in [0.29, 0.717) is 6.42 Å². The molecule has 0 aliphatic heterocycles. The fourth-order valence-electron chi connectivity index (χ4n) is 3.99. The van der Waals surface area contributed by atoms with Crippen LogP contribution in [0.15, 0.2) is 115 Å². The molecule has 0 aliphatic rings. The first-order chi connectivity index (χ1) is 16.2. The van der Waals surface area contributed by atoms with Gasteiger partial charge >= 0.3 is 0 Å². The summed E-state index contributed by atoms with van der Waals surface area (Å²) in [6.07, 6.45) is 1.22. The van der Waals surface area contributed by atoms with Crippen LogP contribution in [0.3, 0.4) is 0 Å². The normalized spacial score (nSPS) is 12.5. The molecule has 1 N–H and O–H groups in total. The van der Waals surface area contributed by atoms with Crippen molar-refractivity contribution in [2.75, 3.05) is 0 Å². The van der Waals surface area contributed by atoms with Crippen molar-refractivity contribution in [3.8, 4) is 11.5 Å². The zero-order valence-electron chi connectivity index (χ0n) is 18.9. The van der Waals surface area contributed by atoms with E-state index in [2.05, 4.69) is 29.6 Å². The highest BCUT2D eigenvalue weighted by Gasteiger charge is 2.19. The van der Waals surface area contributed by atoms with Crippen LogP contribution >= 0.6 is 0 Å². The molecule has 4 aromatic carbocycles. The summed E-state index contributed by atoms with van der Waals surface area (Å²) in [4.78, 5) is 13.0. The Labute approximate surface area is 196 Å². The largest absolute Gasteiger partial charge is 0.457 e. The van der Waals surface area contributed by atoms with Gasteiger partial charge in [-0.15, -0.1) is 0 Å². The SMILES string of the molecule is CC(NC(=O)CC(Cc1ccccc1)c1ccc(Oc2ccccc2)cc1)c1ccccc1. The summed E-state index contributed by atoms with van der Waals surface area (Å²) < 4.78 is 5.93. The monoisotopic (exact) mass is 435 g/mol. The highest BCUT2D eigenvalue weighted by atomic mass is 16.5. The number of hydrogen-bond donors (Lipinski definition) is 1. The topological polar surface area (TPSA) is 38.3 Å². The molecule has 33 heavy (non-hydrogen) atoms.